The highest BCUT2D eigenvalue weighted by Crippen LogP contribution is 2.30. The van der Waals surface area contributed by atoms with Crippen LogP contribution >= 0.6 is 22.9 Å². The van der Waals surface area contributed by atoms with E-state index in [2.05, 4.69) is 21.4 Å². The predicted molar refractivity (Wildman–Crippen MR) is 99.7 cm³/mol. The van der Waals surface area contributed by atoms with Gasteiger partial charge < -0.3 is 15.0 Å². The van der Waals surface area contributed by atoms with Gasteiger partial charge in [0, 0.05) is 17.0 Å². The first-order chi connectivity index (χ1) is 11.9. The summed E-state index contributed by atoms with van der Waals surface area (Å²) in [5.41, 5.74) is 1.68. The standard InChI is InChI=1S/C17H15ClN4O2S/c1-8(20-17-21-9(2)15(7-19)25-17)11-4-10-5-12(18)14(24-3)6-13(10)22-16(11)23/h4-6,8H,1-3H3,(H,20,21)(H,22,23)/t8-/m0/s1. The zero-order chi connectivity index (χ0) is 18.1. The predicted octanol–water partition coefficient (Wildman–Crippen LogP) is 4.00. The van der Waals surface area contributed by atoms with Gasteiger partial charge in [-0.25, -0.2) is 4.98 Å². The summed E-state index contributed by atoms with van der Waals surface area (Å²) in [7, 11) is 1.52. The van der Waals surface area contributed by atoms with Gasteiger partial charge in [-0.3, -0.25) is 4.79 Å². The maximum Gasteiger partial charge on any atom is 0.253 e. The monoisotopic (exact) mass is 374 g/mol. The second-order valence-corrected chi connectivity index (χ2v) is 6.95. The molecular formula is C17H15ClN4O2S. The molecule has 0 bridgehead atoms. The Bertz CT molecular complexity index is 1050. The smallest absolute Gasteiger partial charge is 0.253 e. The molecule has 0 unspecified atom stereocenters. The van der Waals surface area contributed by atoms with Crippen molar-refractivity contribution in [2.45, 2.75) is 19.9 Å². The third kappa shape index (κ3) is 3.31. The number of nitrogens with one attached hydrogen (secondary N) is 2. The third-order valence-corrected chi connectivity index (χ3v) is 5.14. The van der Waals surface area contributed by atoms with Gasteiger partial charge in [-0.1, -0.05) is 22.9 Å². The first-order valence-corrected chi connectivity index (χ1v) is 8.67. The van der Waals surface area contributed by atoms with E-state index in [1.807, 2.05) is 6.92 Å². The van der Waals surface area contributed by atoms with Crippen LogP contribution in [0.1, 0.15) is 29.1 Å². The maximum absolute atomic E-state index is 12.4. The summed E-state index contributed by atoms with van der Waals surface area (Å²) in [5.74, 6) is 0.506. The first-order valence-electron chi connectivity index (χ1n) is 7.47. The molecule has 128 valence electrons. The number of nitrogens with zero attached hydrogens (tertiary/aromatic N) is 2. The molecule has 0 aliphatic heterocycles. The molecule has 1 aromatic carbocycles. The Balaban J connectivity index is 1.98. The van der Waals surface area contributed by atoms with Crippen LogP contribution in [0.15, 0.2) is 23.0 Å². The average molecular weight is 375 g/mol. The number of hydrogen-bond acceptors (Lipinski definition) is 6. The number of methoxy groups -OCH3 is 1. The number of fused-ring (bicyclic) bond motifs is 1. The molecule has 0 fully saturated rings. The molecule has 0 amide bonds. The number of thiazole rings is 1. The lowest BCUT2D eigenvalue weighted by Gasteiger charge is -2.14. The van der Waals surface area contributed by atoms with Crippen molar-refractivity contribution in [1.82, 2.24) is 9.97 Å². The number of ether oxygens (including phenoxy) is 1. The number of halogens is 1. The third-order valence-electron chi connectivity index (χ3n) is 3.85. The minimum Gasteiger partial charge on any atom is -0.495 e. The number of aromatic nitrogens is 2. The topological polar surface area (TPSA) is 90.8 Å². The van der Waals surface area contributed by atoms with Crippen molar-refractivity contribution >= 4 is 39.0 Å². The van der Waals surface area contributed by atoms with E-state index in [1.165, 1.54) is 18.4 Å². The average Bonchev–Trinajstić information content (AvgIpc) is 2.93. The van der Waals surface area contributed by atoms with E-state index in [0.717, 1.165) is 5.39 Å². The van der Waals surface area contributed by atoms with Crippen molar-refractivity contribution in [1.29, 1.82) is 5.26 Å². The van der Waals surface area contributed by atoms with Gasteiger partial charge in [-0.2, -0.15) is 5.26 Å². The van der Waals surface area contributed by atoms with Crippen molar-refractivity contribution in [3.63, 3.8) is 0 Å². The number of pyridine rings is 1. The molecule has 0 saturated heterocycles. The van der Waals surface area contributed by atoms with Crippen LogP contribution in [0, 0.1) is 18.3 Å². The summed E-state index contributed by atoms with van der Waals surface area (Å²) in [6.07, 6.45) is 0. The van der Waals surface area contributed by atoms with Crippen LogP contribution in [-0.4, -0.2) is 17.1 Å². The minimum absolute atomic E-state index is 0.203. The van der Waals surface area contributed by atoms with Crippen molar-refractivity contribution in [2.24, 2.45) is 0 Å². The molecule has 2 N–H and O–H groups in total. The molecule has 3 aromatic rings. The highest BCUT2D eigenvalue weighted by Gasteiger charge is 2.15. The van der Waals surface area contributed by atoms with Crippen molar-refractivity contribution in [3.05, 3.63) is 49.7 Å². The van der Waals surface area contributed by atoms with Crippen LogP contribution in [0.5, 0.6) is 5.75 Å². The molecule has 2 aromatic heterocycles. The Labute approximate surface area is 153 Å². The number of anilines is 1. The highest BCUT2D eigenvalue weighted by molar-refractivity contribution is 7.16. The Morgan fingerprint density at radius 1 is 1.44 bits per heavy atom. The fourth-order valence-electron chi connectivity index (χ4n) is 2.53. The zero-order valence-corrected chi connectivity index (χ0v) is 15.4. The molecule has 2 heterocycles. The van der Waals surface area contributed by atoms with Gasteiger partial charge in [0.25, 0.3) is 5.56 Å². The molecule has 0 aliphatic rings. The molecule has 0 radical (unpaired) electrons. The molecule has 0 spiro atoms. The fraction of sp³-hybridized carbons (Fsp3) is 0.235. The normalized spacial score (nSPS) is 12.0. The number of aryl methyl sites for hydroxylation is 1. The molecule has 3 rings (SSSR count). The lowest BCUT2D eigenvalue weighted by molar-refractivity contribution is 0.415. The summed E-state index contributed by atoms with van der Waals surface area (Å²) in [4.78, 5) is 20.2. The molecular weight excluding hydrogens is 360 g/mol. The quantitative estimate of drug-likeness (QED) is 0.720. The second-order valence-electron chi connectivity index (χ2n) is 5.54. The Morgan fingerprint density at radius 2 is 2.20 bits per heavy atom. The van der Waals surface area contributed by atoms with Crippen molar-refractivity contribution < 1.29 is 4.74 Å². The van der Waals surface area contributed by atoms with Gasteiger partial charge in [-0.15, -0.1) is 0 Å². The lowest BCUT2D eigenvalue weighted by atomic mass is 10.1. The van der Waals surface area contributed by atoms with Gasteiger partial charge in [0.2, 0.25) is 0 Å². The van der Waals surface area contributed by atoms with E-state index in [0.29, 0.717) is 37.6 Å². The first kappa shape index (κ1) is 17.3. The summed E-state index contributed by atoms with van der Waals surface area (Å²) in [5, 5.41) is 14.1. The van der Waals surface area contributed by atoms with E-state index >= 15 is 0 Å². The molecule has 0 aliphatic carbocycles. The zero-order valence-electron chi connectivity index (χ0n) is 13.8. The van der Waals surface area contributed by atoms with E-state index in [9.17, 15) is 4.79 Å². The molecule has 1 atom stereocenters. The van der Waals surface area contributed by atoms with Crippen LogP contribution in [0.25, 0.3) is 10.9 Å². The van der Waals surface area contributed by atoms with E-state index in [4.69, 9.17) is 21.6 Å². The van der Waals surface area contributed by atoms with E-state index < -0.39 is 0 Å². The van der Waals surface area contributed by atoms with Crippen LogP contribution in [0.2, 0.25) is 5.02 Å². The molecule has 0 saturated carbocycles. The number of H-pyrrole nitrogens is 1. The summed E-state index contributed by atoms with van der Waals surface area (Å²) in [6, 6.07) is 7.06. The lowest BCUT2D eigenvalue weighted by Crippen LogP contribution is -2.19. The minimum atomic E-state index is -0.286. The Hall–Kier alpha value is -2.56. The van der Waals surface area contributed by atoms with Gasteiger partial charge >= 0.3 is 0 Å². The number of nitriles is 1. The summed E-state index contributed by atoms with van der Waals surface area (Å²) < 4.78 is 5.17. The maximum atomic E-state index is 12.4. The van der Waals surface area contributed by atoms with Gasteiger partial charge in [0.05, 0.1) is 29.4 Å². The fourth-order valence-corrected chi connectivity index (χ4v) is 3.63. The number of rotatable bonds is 4. The summed E-state index contributed by atoms with van der Waals surface area (Å²) >= 11 is 7.44. The number of hydrogen-bond donors (Lipinski definition) is 2. The molecule has 25 heavy (non-hydrogen) atoms. The van der Waals surface area contributed by atoms with Crippen LogP contribution < -0.4 is 15.6 Å². The van der Waals surface area contributed by atoms with Gasteiger partial charge in [0.1, 0.15) is 16.7 Å². The summed E-state index contributed by atoms with van der Waals surface area (Å²) in [6.45, 7) is 3.65. The Morgan fingerprint density at radius 3 is 2.84 bits per heavy atom. The van der Waals surface area contributed by atoms with E-state index in [1.54, 1.807) is 25.1 Å². The van der Waals surface area contributed by atoms with Gasteiger partial charge in [-0.05, 0) is 26.0 Å². The van der Waals surface area contributed by atoms with Crippen LogP contribution in [0.3, 0.4) is 0 Å². The van der Waals surface area contributed by atoms with Crippen LogP contribution in [-0.2, 0) is 0 Å². The second kappa shape index (κ2) is 6.75. The van der Waals surface area contributed by atoms with Crippen molar-refractivity contribution in [3.8, 4) is 11.8 Å². The van der Waals surface area contributed by atoms with Crippen LogP contribution in [0.4, 0.5) is 5.13 Å². The molecule has 6 nitrogen and oxygen atoms in total. The van der Waals surface area contributed by atoms with E-state index in [-0.39, 0.29) is 11.6 Å². The Kier molecular flexibility index (Phi) is 4.66. The molecule has 8 heteroatoms. The van der Waals surface area contributed by atoms with Crippen molar-refractivity contribution in [2.75, 3.05) is 12.4 Å². The van der Waals surface area contributed by atoms with Gasteiger partial charge in [0.15, 0.2) is 5.13 Å². The number of aromatic amines is 1. The highest BCUT2D eigenvalue weighted by atomic mass is 35.5. The largest absolute Gasteiger partial charge is 0.495 e. The number of benzene rings is 1. The SMILES string of the molecule is COc1cc2[nH]c(=O)c([C@H](C)Nc3nc(C)c(C#N)s3)cc2cc1Cl.